The third-order valence-corrected chi connectivity index (χ3v) is 4.15. The van der Waals surface area contributed by atoms with Gasteiger partial charge >= 0.3 is 5.97 Å². The Labute approximate surface area is 153 Å². The molecule has 2 rings (SSSR count). The average molecular weight is 350 g/mol. The Morgan fingerprint density at radius 3 is 2.50 bits per heavy atom. The molecule has 2 aromatic rings. The van der Waals surface area contributed by atoms with Gasteiger partial charge in [0.2, 0.25) is 0 Å². The molecule has 1 amide bonds. The standard InChI is InChI=1S/C21H22N2O3/c1-4-5-10-23(2)20(24)17-11-16(12-18(13-17)21(25)26-3)19-9-7-6-8-15(19)14-22/h6-9,11-13H,4-5,10H2,1-3H3. The maximum absolute atomic E-state index is 12.8. The number of esters is 1. The normalized spacial score (nSPS) is 10.1. The molecule has 2 aromatic carbocycles. The maximum atomic E-state index is 12.8. The summed E-state index contributed by atoms with van der Waals surface area (Å²) in [5.74, 6) is -0.688. The highest BCUT2D eigenvalue weighted by Gasteiger charge is 2.17. The lowest BCUT2D eigenvalue weighted by molar-refractivity contribution is 0.0600. The number of amides is 1. The van der Waals surface area contributed by atoms with E-state index in [-0.39, 0.29) is 11.5 Å². The predicted molar refractivity (Wildman–Crippen MR) is 99.8 cm³/mol. The molecule has 5 heteroatoms. The number of unbranched alkanes of at least 4 members (excludes halogenated alkanes) is 1. The van der Waals surface area contributed by atoms with Gasteiger partial charge in [-0.05, 0) is 41.8 Å². The van der Waals surface area contributed by atoms with Crippen LogP contribution in [0.2, 0.25) is 0 Å². The average Bonchev–Trinajstić information content (AvgIpc) is 2.70. The van der Waals surface area contributed by atoms with Crippen molar-refractivity contribution in [1.29, 1.82) is 5.26 Å². The summed E-state index contributed by atoms with van der Waals surface area (Å²) in [5.41, 5.74) is 2.47. The smallest absolute Gasteiger partial charge is 0.337 e. The van der Waals surface area contributed by atoms with E-state index in [2.05, 4.69) is 13.0 Å². The van der Waals surface area contributed by atoms with Crippen molar-refractivity contribution in [3.63, 3.8) is 0 Å². The zero-order valence-corrected chi connectivity index (χ0v) is 15.3. The topological polar surface area (TPSA) is 70.4 Å². The number of rotatable bonds is 6. The molecule has 0 aliphatic heterocycles. The van der Waals surface area contributed by atoms with E-state index in [4.69, 9.17) is 4.74 Å². The van der Waals surface area contributed by atoms with Crippen molar-refractivity contribution in [2.24, 2.45) is 0 Å². The van der Waals surface area contributed by atoms with Crippen LogP contribution in [-0.2, 0) is 4.74 Å². The first-order chi connectivity index (χ1) is 12.5. The van der Waals surface area contributed by atoms with Crippen molar-refractivity contribution in [2.45, 2.75) is 19.8 Å². The van der Waals surface area contributed by atoms with E-state index < -0.39 is 5.97 Å². The van der Waals surface area contributed by atoms with Crippen LogP contribution in [0.1, 0.15) is 46.0 Å². The maximum Gasteiger partial charge on any atom is 0.337 e. The van der Waals surface area contributed by atoms with E-state index in [1.807, 2.05) is 6.07 Å². The number of carbonyl (C=O) groups is 2. The minimum atomic E-state index is -0.522. The summed E-state index contributed by atoms with van der Waals surface area (Å²) in [7, 11) is 3.04. The number of carbonyl (C=O) groups excluding carboxylic acids is 2. The second-order valence-corrected chi connectivity index (χ2v) is 6.03. The van der Waals surface area contributed by atoms with E-state index >= 15 is 0 Å². The number of methoxy groups -OCH3 is 1. The van der Waals surface area contributed by atoms with Gasteiger partial charge in [0.15, 0.2) is 0 Å². The first kappa shape index (κ1) is 19.2. The van der Waals surface area contributed by atoms with Gasteiger partial charge in [0, 0.05) is 19.2 Å². The molecule has 0 fully saturated rings. The molecule has 0 N–H and O–H groups in total. The minimum Gasteiger partial charge on any atom is -0.465 e. The van der Waals surface area contributed by atoms with E-state index in [1.54, 1.807) is 42.3 Å². The molecule has 0 aliphatic carbocycles. The lowest BCUT2D eigenvalue weighted by Gasteiger charge is -2.18. The Hall–Kier alpha value is -3.13. The van der Waals surface area contributed by atoms with Gasteiger partial charge in [-0.15, -0.1) is 0 Å². The molecule has 5 nitrogen and oxygen atoms in total. The van der Waals surface area contributed by atoms with Crippen molar-refractivity contribution in [3.8, 4) is 17.2 Å². The molecule has 26 heavy (non-hydrogen) atoms. The zero-order valence-electron chi connectivity index (χ0n) is 15.3. The highest BCUT2D eigenvalue weighted by atomic mass is 16.5. The predicted octanol–water partition coefficient (Wildman–Crippen LogP) is 3.88. The number of nitrogens with zero attached hydrogens (tertiary/aromatic N) is 2. The molecule has 0 spiro atoms. The Morgan fingerprint density at radius 1 is 1.15 bits per heavy atom. The van der Waals surface area contributed by atoms with Crippen LogP contribution in [-0.4, -0.2) is 37.5 Å². The lowest BCUT2D eigenvalue weighted by Crippen LogP contribution is -2.28. The van der Waals surface area contributed by atoms with E-state index in [9.17, 15) is 14.9 Å². The molecule has 0 radical (unpaired) electrons. The minimum absolute atomic E-state index is 0.167. The van der Waals surface area contributed by atoms with Crippen molar-refractivity contribution >= 4 is 11.9 Å². The van der Waals surface area contributed by atoms with Crippen LogP contribution in [0, 0.1) is 11.3 Å². The highest BCUT2D eigenvalue weighted by molar-refractivity contribution is 6.00. The number of benzene rings is 2. The molecule has 134 valence electrons. The summed E-state index contributed by atoms with van der Waals surface area (Å²) in [5, 5.41) is 9.35. The fraction of sp³-hybridized carbons (Fsp3) is 0.286. The van der Waals surface area contributed by atoms with Crippen LogP contribution in [0.3, 0.4) is 0 Å². The summed E-state index contributed by atoms with van der Waals surface area (Å²) in [4.78, 5) is 26.5. The van der Waals surface area contributed by atoms with Crippen LogP contribution in [0.25, 0.3) is 11.1 Å². The van der Waals surface area contributed by atoms with Gasteiger partial charge in [-0.25, -0.2) is 4.79 Å². The largest absolute Gasteiger partial charge is 0.465 e. The second kappa shape index (κ2) is 8.82. The van der Waals surface area contributed by atoms with Gasteiger partial charge in [-0.2, -0.15) is 5.26 Å². The number of hydrogen-bond acceptors (Lipinski definition) is 4. The Kier molecular flexibility index (Phi) is 6.51. The molecule has 0 bridgehead atoms. The first-order valence-electron chi connectivity index (χ1n) is 8.50. The van der Waals surface area contributed by atoms with E-state index in [0.29, 0.717) is 28.8 Å². The molecule has 0 saturated carbocycles. The third kappa shape index (κ3) is 4.28. The van der Waals surface area contributed by atoms with Crippen molar-refractivity contribution in [3.05, 3.63) is 59.2 Å². The lowest BCUT2D eigenvalue weighted by atomic mass is 9.96. The molecule has 0 aliphatic rings. The molecule has 0 heterocycles. The monoisotopic (exact) mass is 350 g/mol. The SMILES string of the molecule is CCCCN(C)C(=O)c1cc(C(=O)OC)cc(-c2ccccc2C#N)c1. The Balaban J connectivity index is 2.55. The third-order valence-electron chi connectivity index (χ3n) is 4.15. The number of nitriles is 1. The van der Waals surface area contributed by atoms with Gasteiger partial charge in [-0.1, -0.05) is 31.5 Å². The van der Waals surface area contributed by atoms with Crippen LogP contribution >= 0.6 is 0 Å². The van der Waals surface area contributed by atoms with Gasteiger partial charge in [0.1, 0.15) is 0 Å². The van der Waals surface area contributed by atoms with E-state index in [1.165, 1.54) is 13.2 Å². The van der Waals surface area contributed by atoms with Gasteiger partial charge in [0.05, 0.1) is 24.3 Å². The quantitative estimate of drug-likeness (QED) is 0.741. The van der Waals surface area contributed by atoms with Crippen molar-refractivity contribution in [2.75, 3.05) is 20.7 Å². The molecular weight excluding hydrogens is 328 g/mol. The van der Waals surface area contributed by atoms with Crippen molar-refractivity contribution < 1.29 is 14.3 Å². The highest BCUT2D eigenvalue weighted by Crippen LogP contribution is 2.26. The van der Waals surface area contributed by atoms with Crippen LogP contribution < -0.4 is 0 Å². The Morgan fingerprint density at radius 2 is 1.85 bits per heavy atom. The van der Waals surface area contributed by atoms with Gasteiger partial charge in [-0.3, -0.25) is 4.79 Å². The van der Waals surface area contributed by atoms with Crippen molar-refractivity contribution in [1.82, 2.24) is 4.90 Å². The Bertz CT molecular complexity index is 853. The fourth-order valence-corrected chi connectivity index (χ4v) is 2.69. The van der Waals surface area contributed by atoms with Crippen LogP contribution in [0.4, 0.5) is 0 Å². The molecule has 0 unspecified atom stereocenters. The second-order valence-electron chi connectivity index (χ2n) is 6.03. The van der Waals surface area contributed by atoms with Crippen LogP contribution in [0.5, 0.6) is 0 Å². The summed E-state index contributed by atoms with van der Waals surface area (Å²) in [6, 6.07) is 14.1. The first-order valence-corrected chi connectivity index (χ1v) is 8.50. The van der Waals surface area contributed by atoms with Gasteiger partial charge < -0.3 is 9.64 Å². The summed E-state index contributed by atoms with van der Waals surface area (Å²) < 4.78 is 4.81. The molecule has 0 saturated heterocycles. The molecular formula is C21H22N2O3. The van der Waals surface area contributed by atoms with Crippen LogP contribution in [0.15, 0.2) is 42.5 Å². The summed E-state index contributed by atoms with van der Waals surface area (Å²) >= 11 is 0. The fourth-order valence-electron chi connectivity index (χ4n) is 2.69. The molecule has 0 aromatic heterocycles. The van der Waals surface area contributed by atoms with Gasteiger partial charge in [0.25, 0.3) is 5.91 Å². The zero-order chi connectivity index (χ0) is 19.1. The number of hydrogen-bond donors (Lipinski definition) is 0. The molecule has 0 atom stereocenters. The summed E-state index contributed by atoms with van der Waals surface area (Å²) in [6.45, 7) is 2.70. The summed E-state index contributed by atoms with van der Waals surface area (Å²) in [6.07, 6.45) is 1.89. The van der Waals surface area contributed by atoms with E-state index in [0.717, 1.165) is 12.8 Å². The number of ether oxygens (including phenoxy) is 1.